The Balaban J connectivity index is 1.22. The fraction of sp³-hybridized carbons (Fsp3) is 0.676. The van der Waals surface area contributed by atoms with E-state index in [1.54, 1.807) is 35.4 Å². The maximum atomic E-state index is 13.0. The highest BCUT2D eigenvalue weighted by Crippen LogP contribution is 2.66. The van der Waals surface area contributed by atoms with Crippen molar-refractivity contribution in [3.8, 4) is 0 Å². The van der Waals surface area contributed by atoms with E-state index in [1.807, 2.05) is 13.0 Å². The van der Waals surface area contributed by atoms with Crippen LogP contribution in [0.25, 0.3) is 0 Å². The van der Waals surface area contributed by atoms with E-state index in [2.05, 4.69) is 39.6 Å². The van der Waals surface area contributed by atoms with Crippen LogP contribution in [0.15, 0.2) is 53.6 Å². The Kier molecular flexibility index (Phi) is 9.99. The van der Waals surface area contributed by atoms with E-state index in [9.17, 15) is 27.7 Å². The number of carboxylic acids is 1. The highest BCUT2D eigenvalue weighted by atomic mass is 32.3. The first-order valence-corrected chi connectivity index (χ1v) is 18.6. The molecule has 0 bridgehead atoms. The van der Waals surface area contributed by atoms with Crippen molar-refractivity contribution < 1.29 is 31.8 Å². The number of aliphatic carboxylic acids is 1. The lowest BCUT2D eigenvalue weighted by Crippen LogP contribution is -2.52. The molecule has 3 fully saturated rings. The van der Waals surface area contributed by atoms with Gasteiger partial charge in [0.05, 0.1) is 6.10 Å². The third-order valence-electron chi connectivity index (χ3n) is 13.1. The second-order valence-corrected chi connectivity index (χ2v) is 16.5. The Labute approximate surface area is 275 Å². The molecule has 1 aromatic rings. The van der Waals surface area contributed by atoms with Crippen LogP contribution >= 0.6 is 0 Å². The number of hydrogen-bond donors (Lipinski definition) is 3. The number of rotatable bonds is 11. The van der Waals surface area contributed by atoms with Crippen molar-refractivity contribution in [2.75, 3.05) is 0 Å². The van der Waals surface area contributed by atoms with E-state index < -0.39 is 34.4 Å². The van der Waals surface area contributed by atoms with Crippen molar-refractivity contribution in [1.82, 2.24) is 5.32 Å². The quantitative estimate of drug-likeness (QED) is 0.127. The van der Waals surface area contributed by atoms with Gasteiger partial charge in [0.15, 0.2) is 6.04 Å². The molecule has 0 aliphatic heterocycles. The number of carbonyl (C=O) groups is 2. The van der Waals surface area contributed by atoms with Gasteiger partial charge in [0.1, 0.15) is 0 Å². The van der Waals surface area contributed by atoms with E-state index >= 15 is 0 Å². The number of benzene rings is 1. The van der Waals surface area contributed by atoms with Gasteiger partial charge in [0.25, 0.3) is 0 Å². The lowest BCUT2D eigenvalue weighted by molar-refractivity contribution is -0.141. The van der Waals surface area contributed by atoms with Crippen LogP contribution in [0.3, 0.4) is 0 Å². The van der Waals surface area contributed by atoms with E-state index in [4.69, 9.17) is 4.18 Å². The highest BCUT2D eigenvalue weighted by molar-refractivity contribution is 7.80. The summed E-state index contributed by atoms with van der Waals surface area (Å²) in [6, 6.07) is 7.62. The van der Waals surface area contributed by atoms with Crippen LogP contribution in [0.5, 0.6) is 0 Å². The number of carboxylic acid groups (broad SMARTS) is 1. The molecule has 0 radical (unpaired) electrons. The first-order chi connectivity index (χ1) is 21.6. The largest absolute Gasteiger partial charge is 0.479 e. The summed E-state index contributed by atoms with van der Waals surface area (Å²) in [7, 11) is -4.47. The lowest BCUT2D eigenvalue weighted by atomic mass is 9.47. The van der Waals surface area contributed by atoms with Gasteiger partial charge in [-0.25, -0.2) is 8.98 Å². The normalized spacial score (nSPS) is 34.4. The molecular formula is C37H53NO7S. The summed E-state index contributed by atoms with van der Waals surface area (Å²) in [5, 5.41) is 12.4. The Bertz CT molecular complexity index is 1470. The van der Waals surface area contributed by atoms with Crippen LogP contribution < -0.4 is 5.32 Å². The van der Waals surface area contributed by atoms with Crippen molar-refractivity contribution in [2.45, 2.75) is 111 Å². The molecule has 3 N–H and O–H groups in total. The van der Waals surface area contributed by atoms with E-state index in [1.165, 1.54) is 6.42 Å². The number of carbonyl (C=O) groups excluding carboxylic acids is 1. The number of hydrogen-bond acceptors (Lipinski definition) is 5. The van der Waals surface area contributed by atoms with Crippen LogP contribution in [-0.4, -0.2) is 36.1 Å². The summed E-state index contributed by atoms with van der Waals surface area (Å²) >= 11 is 0. The summed E-state index contributed by atoms with van der Waals surface area (Å²) in [4.78, 5) is 24.9. The Hall–Kier alpha value is -2.49. The summed E-state index contributed by atoms with van der Waals surface area (Å²) in [5.74, 6) is 0.442. The van der Waals surface area contributed by atoms with Gasteiger partial charge < -0.3 is 10.4 Å². The van der Waals surface area contributed by atoms with E-state index in [-0.39, 0.29) is 22.7 Å². The molecule has 9 heteroatoms. The molecule has 1 unspecified atom stereocenters. The Morgan fingerprint density at radius 2 is 1.74 bits per heavy atom. The van der Waals surface area contributed by atoms with Crippen molar-refractivity contribution in [3.63, 3.8) is 0 Å². The molecule has 3 saturated carbocycles. The molecule has 8 nitrogen and oxygen atoms in total. The highest BCUT2D eigenvalue weighted by Gasteiger charge is 2.57. The molecule has 4 aliphatic rings. The molecule has 46 heavy (non-hydrogen) atoms. The lowest BCUT2D eigenvalue weighted by Gasteiger charge is -2.58. The third kappa shape index (κ3) is 6.61. The fourth-order valence-electron chi connectivity index (χ4n) is 10.4. The van der Waals surface area contributed by atoms with E-state index in [0.717, 1.165) is 51.4 Å². The van der Waals surface area contributed by atoms with E-state index in [0.29, 0.717) is 41.2 Å². The minimum Gasteiger partial charge on any atom is -0.479 e. The van der Waals surface area contributed by atoms with Gasteiger partial charge in [-0.15, -0.1) is 0 Å². The minimum atomic E-state index is -4.47. The molecule has 5 rings (SSSR count). The average molecular weight is 656 g/mol. The molecule has 0 saturated heterocycles. The smallest absolute Gasteiger partial charge is 0.397 e. The maximum absolute atomic E-state index is 13.0. The maximum Gasteiger partial charge on any atom is 0.397 e. The number of nitrogens with one attached hydrogen (secondary N) is 1. The van der Waals surface area contributed by atoms with Gasteiger partial charge in [-0.1, -0.05) is 82.7 Å². The Morgan fingerprint density at radius 3 is 2.39 bits per heavy atom. The first-order valence-electron chi connectivity index (χ1n) is 17.2. The topological polar surface area (TPSA) is 130 Å². The van der Waals surface area contributed by atoms with Crippen molar-refractivity contribution in [1.29, 1.82) is 0 Å². The molecule has 0 heterocycles. The van der Waals surface area contributed by atoms with Crippen LogP contribution in [-0.2, 0) is 24.2 Å². The summed E-state index contributed by atoms with van der Waals surface area (Å²) < 4.78 is 37.5. The SMILES string of the molecule is C=C(C(=O)N[C@H](C(=O)O)c1ccccc1)C(C)CC[C@@H](C)[C@H]1CCC2=C3CC[C@H]4[C@H](C)[C@@H](OS(=O)(=O)O)CC[C@]4(C)[C@H]3CC[C@@]21C. The zero-order chi connectivity index (χ0) is 33.6. The third-order valence-corrected chi connectivity index (χ3v) is 13.5. The number of fused-ring (bicyclic) bond motifs is 4. The molecule has 1 amide bonds. The zero-order valence-corrected chi connectivity index (χ0v) is 28.9. The zero-order valence-electron chi connectivity index (χ0n) is 28.1. The van der Waals surface area contributed by atoms with Gasteiger partial charge in [-0.3, -0.25) is 9.35 Å². The van der Waals surface area contributed by atoms with Gasteiger partial charge >= 0.3 is 16.4 Å². The average Bonchev–Trinajstić information content (AvgIpc) is 3.36. The summed E-state index contributed by atoms with van der Waals surface area (Å²) in [6.45, 7) is 15.4. The van der Waals surface area contributed by atoms with Gasteiger partial charge in [-0.05, 0) is 116 Å². The first kappa shape index (κ1) is 34.8. The molecule has 0 aromatic heterocycles. The molecule has 10 atom stereocenters. The predicted molar refractivity (Wildman–Crippen MR) is 178 cm³/mol. The standard InChI is InChI=1S/C37H53NO7S/c1-22(24(3)34(39)38-33(35(40)41)26-10-8-7-9-11-26)12-13-23(2)28-16-17-30-27-14-15-29-25(4)32(45-46(42,43)44)19-21-37(29,6)31(27)18-20-36(28,30)5/h7-11,22-23,25,28-29,31-33H,3,12-21H2,1-2,4-6H3,(H,38,39)(H,40,41)(H,42,43,44)/t22?,23-,25+,28-,29+,31+,32+,33+,36-,37+/m1/s1. The second kappa shape index (κ2) is 13.2. The predicted octanol–water partition coefficient (Wildman–Crippen LogP) is 7.69. The van der Waals surface area contributed by atoms with Gasteiger partial charge in [0.2, 0.25) is 5.91 Å². The van der Waals surface area contributed by atoms with Crippen LogP contribution in [0.2, 0.25) is 0 Å². The second-order valence-electron chi connectivity index (χ2n) is 15.4. The van der Waals surface area contributed by atoms with Crippen molar-refractivity contribution in [2.24, 2.45) is 46.3 Å². The molecule has 1 aromatic carbocycles. The van der Waals surface area contributed by atoms with Crippen molar-refractivity contribution in [3.05, 3.63) is 59.2 Å². The number of amides is 1. The molecule has 4 aliphatic carbocycles. The van der Waals surface area contributed by atoms with Gasteiger partial charge in [0, 0.05) is 5.57 Å². The minimum absolute atomic E-state index is 0.0624. The monoisotopic (exact) mass is 655 g/mol. The molecule has 254 valence electrons. The Morgan fingerprint density at radius 1 is 1.04 bits per heavy atom. The molecule has 0 spiro atoms. The van der Waals surface area contributed by atoms with Gasteiger partial charge in [-0.2, -0.15) is 8.42 Å². The fourth-order valence-corrected chi connectivity index (χ4v) is 11.0. The van der Waals surface area contributed by atoms with Crippen LogP contribution in [0, 0.1) is 46.3 Å². The summed E-state index contributed by atoms with van der Waals surface area (Å²) in [6.07, 6.45) is 9.63. The summed E-state index contributed by atoms with van der Waals surface area (Å²) in [5.41, 5.74) is 4.59. The van der Waals surface area contributed by atoms with Crippen LogP contribution in [0.1, 0.15) is 110 Å². The van der Waals surface area contributed by atoms with Crippen molar-refractivity contribution >= 4 is 22.3 Å². The molecular weight excluding hydrogens is 602 g/mol. The number of allylic oxidation sites excluding steroid dienone is 2. The van der Waals surface area contributed by atoms with Crippen LogP contribution in [0.4, 0.5) is 0 Å².